The lowest BCUT2D eigenvalue weighted by atomic mass is 9.79. The van der Waals surface area contributed by atoms with Crippen LogP contribution in [0.15, 0.2) is 48.5 Å². The monoisotopic (exact) mass is 377 g/mol. The van der Waals surface area contributed by atoms with Crippen molar-refractivity contribution in [1.82, 2.24) is 4.90 Å². The summed E-state index contributed by atoms with van der Waals surface area (Å²) in [5.41, 5.74) is 3.86. The summed E-state index contributed by atoms with van der Waals surface area (Å²) >= 11 is 0. The lowest BCUT2D eigenvalue weighted by Gasteiger charge is -2.33. The molecule has 2 nitrogen and oxygen atoms in total. The smallest absolute Gasteiger partial charge is 0.123 e. The lowest BCUT2D eigenvalue weighted by molar-refractivity contribution is 0.00169. The SMILES string of the molecule is CN(C)Cc1ccccc1C1CCCCC1OCc1ccc(F)cc1.Cl. The Morgan fingerprint density at radius 3 is 2.42 bits per heavy atom. The maximum absolute atomic E-state index is 13.1. The van der Waals surface area contributed by atoms with Crippen LogP contribution in [0, 0.1) is 5.82 Å². The van der Waals surface area contributed by atoms with Gasteiger partial charge in [0.1, 0.15) is 5.82 Å². The van der Waals surface area contributed by atoms with Gasteiger partial charge >= 0.3 is 0 Å². The Morgan fingerprint density at radius 2 is 1.69 bits per heavy atom. The van der Waals surface area contributed by atoms with E-state index in [1.54, 1.807) is 0 Å². The van der Waals surface area contributed by atoms with Gasteiger partial charge in [-0.2, -0.15) is 0 Å². The van der Waals surface area contributed by atoms with Crippen LogP contribution in [0.4, 0.5) is 4.39 Å². The van der Waals surface area contributed by atoms with Crippen molar-refractivity contribution in [3.63, 3.8) is 0 Å². The summed E-state index contributed by atoms with van der Waals surface area (Å²) in [4.78, 5) is 2.22. The normalized spacial score (nSPS) is 20.0. The molecule has 0 aromatic heterocycles. The first-order valence-electron chi connectivity index (χ1n) is 9.22. The summed E-state index contributed by atoms with van der Waals surface area (Å²) in [6, 6.07) is 15.4. The molecule has 0 bridgehead atoms. The third-order valence-corrected chi connectivity index (χ3v) is 5.02. The Balaban J connectivity index is 0.00000243. The number of ether oxygens (including phenoxy) is 1. The predicted octanol–water partition coefficient (Wildman–Crippen LogP) is 5.55. The van der Waals surface area contributed by atoms with Crippen molar-refractivity contribution in [2.24, 2.45) is 0 Å². The summed E-state index contributed by atoms with van der Waals surface area (Å²) < 4.78 is 19.4. The molecule has 142 valence electrons. The number of nitrogens with zero attached hydrogens (tertiary/aromatic N) is 1. The van der Waals surface area contributed by atoms with E-state index in [4.69, 9.17) is 4.74 Å². The minimum absolute atomic E-state index is 0. The summed E-state index contributed by atoms with van der Waals surface area (Å²) in [6.07, 6.45) is 5.00. The van der Waals surface area contributed by atoms with Crippen LogP contribution in [0.5, 0.6) is 0 Å². The zero-order valence-electron chi connectivity index (χ0n) is 15.7. The van der Waals surface area contributed by atoms with Crippen LogP contribution < -0.4 is 0 Å². The van der Waals surface area contributed by atoms with E-state index in [1.165, 1.54) is 42.5 Å². The van der Waals surface area contributed by atoms with Gasteiger partial charge in [-0.3, -0.25) is 0 Å². The molecule has 0 heterocycles. The van der Waals surface area contributed by atoms with Gasteiger partial charge in [0.15, 0.2) is 0 Å². The summed E-state index contributed by atoms with van der Waals surface area (Å²) in [5, 5.41) is 0. The van der Waals surface area contributed by atoms with E-state index >= 15 is 0 Å². The van der Waals surface area contributed by atoms with Crippen molar-refractivity contribution < 1.29 is 9.13 Å². The summed E-state index contributed by atoms with van der Waals surface area (Å²) in [5.74, 6) is 0.252. The highest BCUT2D eigenvalue weighted by atomic mass is 35.5. The standard InChI is InChI=1S/C22H28FNO.ClH/c1-24(2)15-18-7-3-4-8-20(18)21-9-5-6-10-22(21)25-16-17-11-13-19(23)14-12-17;/h3-4,7-8,11-14,21-22H,5-6,9-10,15-16H2,1-2H3;1H. The molecule has 0 spiro atoms. The third-order valence-electron chi connectivity index (χ3n) is 5.02. The van der Waals surface area contributed by atoms with Crippen molar-refractivity contribution in [2.45, 2.75) is 50.9 Å². The first kappa shape index (κ1) is 20.9. The van der Waals surface area contributed by atoms with Crippen LogP contribution in [-0.2, 0) is 17.9 Å². The minimum Gasteiger partial charge on any atom is -0.373 e. The Morgan fingerprint density at radius 1 is 1.00 bits per heavy atom. The van der Waals surface area contributed by atoms with Gasteiger partial charge in [0.2, 0.25) is 0 Å². The molecule has 2 atom stereocenters. The summed E-state index contributed by atoms with van der Waals surface area (Å²) in [7, 11) is 4.22. The molecule has 26 heavy (non-hydrogen) atoms. The summed E-state index contributed by atoms with van der Waals surface area (Å²) in [6.45, 7) is 1.51. The second-order valence-electron chi connectivity index (χ2n) is 7.30. The van der Waals surface area contributed by atoms with Crippen LogP contribution in [0.2, 0.25) is 0 Å². The molecule has 0 saturated heterocycles. The molecule has 1 saturated carbocycles. The van der Waals surface area contributed by atoms with E-state index in [2.05, 4.69) is 43.3 Å². The topological polar surface area (TPSA) is 12.5 Å². The molecule has 0 N–H and O–H groups in total. The van der Waals surface area contributed by atoms with E-state index in [1.807, 2.05) is 12.1 Å². The lowest BCUT2D eigenvalue weighted by Crippen LogP contribution is -2.27. The van der Waals surface area contributed by atoms with Gasteiger partial charge < -0.3 is 9.64 Å². The number of hydrogen-bond donors (Lipinski definition) is 0. The van der Waals surface area contributed by atoms with Crippen molar-refractivity contribution in [3.8, 4) is 0 Å². The van der Waals surface area contributed by atoms with Gasteiger partial charge in [0.05, 0.1) is 12.7 Å². The number of halogens is 2. The van der Waals surface area contributed by atoms with Crippen LogP contribution in [-0.4, -0.2) is 25.1 Å². The largest absolute Gasteiger partial charge is 0.373 e. The highest BCUT2D eigenvalue weighted by Crippen LogP contribution is 2.37. The van der Waals surface area contributed by atoms with E-state index in [0.29, 0.717) is 12.5 Å². The fourth-order valence-corrected chi connectivity index (χ4v) is 3.82. The van der Waals surface area contributed by atoms with Crippen LogP contribution in [0.1, 0.15) is 48.3 Å². The van der Waals surface area contributed by atoms with E-state index in [9.17, 15) is 4.39 Å². The van der Waals surface area contributed by atoms with Gasteiger partial charge in [0, 0.05) is 12.5 Å². The average Bonchev–Trinajstić information content (AvgIpc) is 2.62. The molecule has 0 amide bonds. The Bertz CT molecular complexity index is 674. The fourth-order valence-electron chi connectivity index (χ4n) is 3.82. The van der Waals surface area contributed by atoms with Gasteiger partial charge in [-0.05, 0) is 55.8 Å². The molecule has 1 fully saturated rings. The fraction of sp³-hybridized carbons (Fsp3) is 0.455. The van der Waals surface area contributed by atoms with Crippen LogP contribution in [0.3, 0.4) is 0 Å². The second-order valence-corrected chi connectivity index (χ2v) is 7.30. The number of hydrogen-bond acceptors (Lipinski definition) is 2. The molecule has 1 aliphatic carbocycles. The van der Waals surface area contributed by atoms with Crippen molar-refractivity contribution in [3.05, 3.63) is 71.0 Å². The zero-order valence-corrected chi connectivity index (χ0v) is 16.5. The van der Waals surface area contributed by atoms with E-state index in [-0.39, 0.29) is 24.3 Å². The van der Waals surface area contributed by atoms with Gasteiger partial charge in [-0.1, -0.05) is 49.2 Å². The van der Waals surface area contributed by atoms with E-state index < -0.39 is 0 Å². The molecule has 2 aromatic rings. The molecule has 1 aliphatic rings. The van der Waals surface area contributed by atoms with Gasteiger partial charge in [-0.15, -0.1) is 12.4 Å². The predicted molar refractivity (Wildman–Crippen MR) is 107 cm³/mol. The maximum Gasteiger partial charge on any atom is 0.123 e. The molecule has 2 unspecified atom stereocenters. The molecule has 2 aromatic carbocycles. The maximum atomic E-state index is 13.1. The molecule has 0 radical (unpaired) electrons. The minimum atomic E-state index is -0.197. The molecule has 3 rings (SSSR count). The average molecular weight is 378 g/mol. The van der Waals surface area contributed by atoms with Crippen LogP contribution in [0.25, 0.3) is 0 Å². The highest BCUT2D eigenvalue weighted by molar-refractivity contribution is 5.85. The first-order chi connectivity index (χ1) is 12.1. The zero-order chi connectivity index (χ0) is 17.6. The second kappa shape index (κ2) is 10.1. The Kier molecular flexibility index (Phi) is 8.08. The van der Waals surface area contributed by atoms with Crippen molar-refractivity contribution in [2.75, 3.05) is 14.1 Å². The molecular weight excluding hydrogens is 349 g/mol. The van der Waals surface area contributed by atoms with Crippen molar-refractivity contribution in [1.29, 1.82) is 0 Å². The van der Waals surface area contributed by atoms with Crippen LogP contribution >= 0.6 is 12.4 Å². The van der Waals surface area contributed by atoms with Crippen molar-refractivity contribution >= 4 is 12.4 Å². The Hall–Kier alpha value is -1.42. The van der Waals surface area contributed by atoms with E-state index in [0.717, 1.165) is 18.5 Å². The molecular formula is C22H29ClFNO. The third kappa shape index (κ3) is 5.54. The molecule has 4 heteroatoms. The number of benzene rings is 2. The number of rotatable bonds is 6. The molecule has 0 aliphatic heterocycles. The highest BCUT2D eigenvalue weighted by Gasteiger charge is 2.28. The first-order valence-corrected chi connectivity index (χ1v) is 9.22. The quantitative estimate of drug-likeness (QED) is 0.654. The van der Waals surface area contributed by atoms with Gasteiger partial charge in [0.25, 0.3) is 0 Å². The Labute approximate surface area is 162 Å². The van der Waals surface area contributed by atoms with Gasteiger partial charge in [-0.25, -0.2) is 4.39 Å².